The largest absolute Gasteiger partial charge is 0.291 e. The van der Waals surface area contributed by atoms with Gasteiger partial charge in [-0.1, -0.05) is 17.7 Å². The van der Waals surface area contributed by atoms with Crippen LogP contribution in [0, 0.1) is 0 Å². The zero-order valence-electron chi connectivity index (χ0n) is 6.29. The summed E-state index contributed by atoms with van der Waals surface area (Å²) in [5, 5.41) is 2.11. The van der Waals surface area contributed by atoms with E-state index in [1.54, 1.807) is 6.20 Å². The minimum Gasteiger partial charge on any atom is -0.291 e. The summed E-state index contributed by atoms with van der Waals surface area (Å²) in [6, 6.07) is 5.58. The molecule has 0 bridgehead atoms. The van der Waals surface area contributed by atoms with Crippen molar-refractivity contribution in [3.05, 3.63) is 35.0 Å². The lowest BCUT2D eigenvalue weighted by atomic mass is 10.1. The molecule has 0 radical (unpaired) electrons. The molecule has 0 saturated carbocycles. The fourth-order valence-corrected chi connectivity index (χ4v) is 1.31. The molecule has 1 heterocycles. The van der Waals surface area contributed by atoms with Crippen LogP contribution < -0.4 is 16.4 Å². The third kappa shape index (κ3) is 1.13. The summed E-state index contributed by atoms with van der Waals surface area (Å²) in [5.74, 6) is 5.63. The predicted octanol–water partition coefficient (Wildman–Crippen LogP) is 1.51. The molecule has 0 aliphatic carbocycles. The maximum atomic E-state index is 5.81. The molecule has 2 rings (SSSR count). The standard InChI is InChI=1S/C8H8ClN3/c9-7-2-1-6-3-4-11-12(10)8(6)5-7/h1-5,11H,10H2. The second-order valence-corrected chi connectivity index (χ2v) is 2.97. The molecule has 1 aromatic carbocycles. The highest BCUT2D eigenvalue weighted by atomic mass is 35.5. The average molecular weight is 182 g/mol. The summed E-state index contributed by atoms with van der Waals surface area (Å²) in [7, 11) is 0. The van der Waals surface area contributed by atoms with Crippen LogP contribution in [0.25, 0.3) is 6.08 Å². The van der Waals surface area contributed by atoms with Crippen LogP contribution in [-0.4, -0.2) is 0 Å². The molecule has 0 fully saturated rings. The van der Waals surface area contributed by atoms with Crippen LogP contribution >= 0.6 is 11.6 Å². The number of rotatable bonds is 0. The van der Waals surface area contributed by atoms with Crippen LogP contribution in [0.1, 0.15) is 5.56 Å². The van der Waals surface area contributed by atoms with E-state index in [2.05, 4.69) is 5.43 Å². The molecule has 4 heteroatoms. The first-order valence-electron chi connectivity index (χ1n) is 3.54. The van der Waals surface area contributed by atoms with Gasteiger partial charge in [0.1, 0.15) is 0 Å². The minimum atomic E-state index is 0.682. The van der Waals surface area contributed by atoms with Crippen molar-refractivity contribution in [3.8, 4) is 0 Å². The molecule has 62 valence electrons. The Kier molecular flexibility index (Phi) is 1.67. The van der Waals surface area contributed by atoms with E-state index in [4.69, 9.17) is 17.4 Å². The van der Waals surface area contributed by atoms with Gasteiger partial charge in [-0.15, -0.1) is 0 Å². The van der Waals surface area contributed by atoms with Crippen LogP contribution in [-0.2, 0) is 0 Å². The highest BCUT2D eigenvalue weighted by molar-refractivity contribution is 6.30. The molecule has 0 amide bonds. The number of anilines is 1. The zero-order chi connectivity index (χ0) is 8.55. The normalized spacial score (nSPS) is 14.0. The van der Waals surface area contributed by atoms with Crippen LogP contribution in [0.4, 0.5) is 5.69 Å². The van der Waals surface area contributed by atoms with E-state index in [0.717, 1.165) is 11.3 Å². The summed E-state index contributed by atoms with van der Waals surface area (Å²) >= 11 is 5.81. The molecule has 0 atom stereocenters. The lowest BCUT2D eigenvalue weighted by Crippen LogP contribution is -2.42. The summed E-state index contributed by atoms with van der Waals surface area (Å²) in [5.41, 5.74) is 4.77. The van der Waals surface area contributed by atoms with E-state index in [-0.39, 0.29) is 0 Å². The number of hydrogen-bond acceptors (Lipinski definition) is 3. The Bertz CT molecular complexity index is 335. The maximum Gasteiger partial charge on any atom is 0.0841 e. The van der Waals surface area contributed by atoms with E-state index in [0.29, 0.717) is 5.02 Å². The van der Waals surface area contributed by atoms with Gasteiger partial charge in [0.05, 0.1) is 5.69 Å². The van der Waals surface area contributed by atoms with E-state index in [1.807, 2.05) is 24.3 Å². The van der Waals surface area contributed by atoms with Crippen molar-refractivity contribution in [2.75, 3.05) is 5.12 Å². The van der Waals surface area contributed by atoms with Crippen molar-refractivity contribution in [2.45, 2.75) is 0 Å². The zero-order valence-corrected chi connectivity index (χ0v) is 7.05. The van der Waals surface area contributed by atoms with Gasteiger partial charge in [0.25, 0.3) is 0 Å². The minimum absolute atomic E-state index is 0.682. The van der Waals surface area contributed by atoms with Crippen molar-refractivity contribution >= 4 is 23.4 Å². The number of benzene rings is 1. The third-order valence-electron chi connectivity index (χ3n) is 1.73. The van der Waals surface area contributed by atoms with Gasteiger partial charge in [-0.05, 0) is 18.2 Å². The van der Waals surface area contributed by atoms with Gasteiger partial charge in [0, 0.05) is 16.8 Å². The quantitative estimate of drug-likeness (QED) is 0.597. The van der Waals surface area contributed by atoms with E-state index >= 15 is 0 Å². The topological polar surface area (TPSA) is 41.3 Å². The van der Waals surface area contributed by atoms with Gasteiger partial charge in [0.2, 0.25) is 0 Å². The van der Waals surface area contributed by atoms with Crippen molar-refractivity contribution in [1.29, 1.82) is 0 Å². The maximum absolute atomic E-state index is 5.81. The Hall–Kier alpha value is -1.19. The SMILES string of the molecule is NN1NC=Cc2ccc(Cl)cc21. The summed E-state index contributed by atoms with van der Waals surface area (Å²) in [4.78, 5) is 0. The number of nitrogens with two attached hydrogens (primary N) is 1. The lowest BCUT2D eigenvalue weighted by molar-refractivity contribution is 0.771. The number of hydrazine groups is 2. The van der Waals surface area contributed by atoms with Crippen molar-refractivity contribution < 1.29 is 0 Å². The van der Waals surface area contributed by atoms with Crippen molar-refractivity contribution in [1.82, 2.24) is 5.43 Å². The molecule has 3 N–H and O–H groups in total. The van der Waals surface area contributed by atoms with Gasteiger partial charge in [-0.3, -0.25) is 5.43 Å². The van der Waals surface area contributed by atoms with Crippen LogP contribution in [0.2, 0.25) is 5.02 Å². The Balaban J connectivity index is 2.56. The van der Waals surface area contributed by atoms with Crippen LogP contribution in [0.3, 0.4) is 0 Å². The highest BCUT2D eigenvalue weighted by Gasteiger charge is 2.08. The number of fused-ring (bicyclic) bond motifs is 1. The Labute approximate surface area is 75.4 Å². The van der Waals surface area contributed by atoms with Gasteiger partial charge >= 0.3 is 0 Å². The Morgan fingerprint density at radius 2 is 2.25 bits per heavy atom. The number of nitrogens with zero attached hydrogens (tertiary/aromatic N) is 1. The molecule has 0 aromatic heterocycles. The molecular weight excluding hydrogens is 174 g/mol. The first-order valence-corrected chi connectivity index (χ1v) is 3.92. The van der Waals surface area contributed by atoms with Crippen molar-refractivity contribution in [2.24, 2.45) is 5.84 Å². The van der Waals surface area contributed by atoms with Crippen LogP contribution in [0.15, 0.2) is 24.4 Å². The highest BCUT2D eigenvalue weighted by Crippen LogP contribution is 2.25. The second-order valence-electron chi connectivity index (χ2n) is 2.54. The van der Waals surface area contributed by atoms with Crippen molar-refractivity contribution in [3.63, 3.8) is 0 Å². The average Bonchev–Trinajstić information content (AvgIpc) is 2.07. The second kappa shape index (κ2) is 2.69. The Morgan fingerprint density at radius 3 is 3.08 bits per heavy atom. The van der Waals surface area contributed by atoms with Gasteiger partial charge in [0.15, 0.2) is 0 Å². The summed E-state index contributed by atoms with van der Waals surface area (Å²) in [6.45, 7) is 0. The van der Waals surface area contributed by atoms with E-state index < -0.39 is 0 Å². The molecule has 0 saturated heterocycles. The lowest BCUT2D eigenvalue weighted by Gasteiger charge is -2.23. The fourth-order valence-electron chi connectivity index (χ4n) is 1.14. The molecular formula is C8H8ClN3. The predicted molar refractivity (Wildman–Crippen MR) is 50.3 cm³/mol. The molecule has 1 aliphatic rings. The molecule has 1 aromatic rings. The smallest absolute Gasteiger partial charge is 0.0841 e. The molecule has 0 spiro atoms. The third-order valence-corrected chi connectivity index (χ3v) is 1.96. The first-order chi connectivity index (χ1) is 5.77. The fraction of sp³-hybridized carbons (Fsp3) is 0. The van der Waals surface area contributed by atoms with Gasteiger partial charge < -0.3 is 0 Å². The number of nitrogens with one attached hydrogen (secondary N) is 1. The molecule has 3 nitrogen and oxygen atoms in total. The first kappa shape index (κ1) is 7.46. The van der Waals surface area contributed by atoms with Gasteiger partial charge in [-0.2, -0.15) is 0 Å². The van der Waals surface area contributed by atoms with Gasteiger partial charge in [-0.25, -0.2) is 11.0 Å². The summed E-state index contributed by atoms with van der Waals surface area (Å²) in [6.07, 6.45) is 3.71. The van der Waals surface area contributed by atoms with E-state index in [1.165, 1.54) is 5.12 Å². The Morgan fingerprint density at radius 1 is 1.42 bits per heavy atom. The monoisotopic (exact) mass is 181 g/mol. The van der Waals surface area contributed by atoms with Crippen LogP contribution in [0.5, 0.6) is 0 Å². The van der Waals surface area contributed by atoms with E-state index in [9.17, 15) is 0 Å². The summed E-state index contributed by atoms with van der Waals surface area (Å²) < 4.78 is 0. The molecule has 12 heavy (non-hydrogen) atoms. The molecule has 0 unspecified atom stereocenters. The number of hydrogen-bond donors (Lipinski definition) is 2. The molecule has 1 aliphatic heterocycles. The number of halogens is 1.